The van der Waals surface area contributed by atoms with Crippen LogP contribution in [-0.2, 0) is 9.47 Å². The number of aromatic nitrogens is 2. The van der Waals surface area contributed by atoms with Crippen molar-refractivity contribution in [3.05, 3.63) is 59.7 Å². The van der Waals surface area contributed by atoms with E-state index in [1.165, 1.54) is 11.3 Å². The van der Waals surface area contributed by atoms with Gasteiger partial charge in [-0.25, -0.2) is 9.59 Å². The molecule has 0 unspecified atom stereocenters. The van der Waals surface area contributed by atoms with Crippen molar-refractivity contribution in [3.63, 3.8) is 0 Å². The molecule has 0 aliphatic carbocycles. The maximum atomic E-state index is 11.9. The molecule has 0 N–H and O–H groups in total. The Morgan fingerprint density at radius 2 is 1.26 bits per heavy atom. The molecule has 6 nitrogen and oxygen atoms in total. The average molecular weight is 382 g/mol. The van der Waals surface area contributed by atoms with Gasteiger partial charge in [-0.3, -0.25) is 0 Å². The number of carbonyl (C=O) groups excluding carboxylic acids is 2. The van der Waals surface area contributed by atoms with Crippen LogP contribution in [0.1, 0.15) is 34.6 Å². The Morgan fingerprint density at radius 3 is 1.67 bits per heavy atom. The van der Waals surface area contributed by atoms with E-state index in [-0.39, 0.29) is 11.9 Å². The molecule has 1 aromatic heterocycles. The molecule has 0 bridgehead atoms. The van der Waals surface area contributed by atoms with E-state index in [2.05, 4.69) is 10.2 Å². The summed E-state index contributed by atoms with van der Waals surface area (Å²) >= 11 is 1.38. The van der Waals surface area contributed by atoms with Gasteiger partial charge in [-0.2, -0.15) is 0 Å². The average Bonchev–Trinajstić information content (AvgIpc) is 3.19. The fourth-order valence-electron chi connectivity index (χ4n) is 2.44. The van der Waals surface area contributed by atoms with Crippen molar-refractivity contribution in [2.75, 3.05) is 13.2 Å². The highest BCUT2D eigenvalue weighted by molar-refractivity contribution is 7.17. The van der Waals surface area contributed by atoms with E-state index in [1.54, 1.807) is 50.2 Å². The summed E-state index contributed by atoms with van der Waals surface area (Å²) < 4.78 is 10.1. The number of benzene rings is 2. The first-order chi connectivity index (χ1) is 13.1. The summed E-state index contributed by atoms with van der Waals surface area (Å²) in [6.45, 7) is 4.18. The van der Waals surface area contributed by atoms with Crippen LogP contribution >= 0.6 is 11.3 Å². The van der Waals surface area contributed by atoms with Gasteiger partial charge in [-0.15, -0.1) is 10.2 Å². The fourth-order valence-corrected chi connectivity index (χ4v) is 3.28. The lowest BCUT2D eigenvalue weighted by Gasteiger charge is -2.03. The van der Waals surface area contributed by atoms with E-state index >= 15 is 0 Å². The Hall–Kier alpha value is -3.06. The zero-order valence-corrected chi connectivity index (χ0v) is 15.8. The predicted molar refractivity (Wildman–Crippen MR) is 103 cm³/mol. The van der Waals surface area contributed by atoms with Crippen LogP contribution in [0.4, 0.5) is 0 Å². The van der Waals surface area contributed by atoms with Crippen molar-refractivity contribution in [1.82, 2.24) is 10.2 Å². The van der Waals surface area contributed by atoms with Gasteiger partial charge in [-0.1, -0.05) is 35.6 Å². The standard InChI is InChI=1S/C20H18N2O4S/c1-3-25-19(23)15-9-5-7-13(11-15)17-21-22-18(27-17)14-8-6-10-16(12-14)20(24)26-4-2/h5-12H,3-4H2,1-2H3. The summed E-state index contributed by atoms with van der Waals surface area (Å²) in [6.07, 6.45) is 0. The van der Waals surface area contributed by atoms with E-state index in [4.69, 9.17) is 9.47 Å². The van der Waals surface area contributed by atoms with Crippen molar-refractivity contribution in [2.45, 2.75) is 13.8 Å². The summed E-state index contributed by atoms with van der Waals surface area (Å²) in [6, 6.07) is 14.2. The van der Waals surface area contributed by atoms with Gasteiger partial charge < -0.3 is 9.47 Å². The largest absolute Gasteiger partial charge is 0.462 e. The normalized spacial score (nSPS) is 10.4. The van der Waals surface area contributed by atoms with Gasteiger partial charge in [0.25, 0.3) is 0 Å². The first-order valence-electron chi connectivity index (χ1n) is 8.51. The molecule has 1 heterocycles. The third-order valence-corrected chi connectivity index (χ3v) is 4.69. The Balaban J connectivity index is 1.87. The Labute approximate surface area is 160 Å². The fraction of sp³-hybridized carbons (Fsp3) is 0.200. The van der Waals surface area contributed by atoms with Crippen molar-refractivity contribution in [2.24, 2.45) is 0 Å². The van der Waals surface area contributed by atoms with E-state index in [1.807, 2.05) is 12.1 Å². The van der Waals surface area contributed by atoms with Crippen molar-refractivity contribution < 1.29 is 19.1 Å². The minimum Gasteiger partial charge on any atom is -0.462 e. The first-order valence-corrected chi connectivity index (χ1v) is 9.32. The minimum absolute atomic E-state index is 0.322. The van der Waals surface area contributed by atoms with Gasteiger partial charge in [0.05, 0.1) is 24.3 Å². The van der Waals surface area contributed by atoms with Gasteiger partial charge in [0.15, 0.2) is 0 Å². The molecule has 0 radical (unpaired) electrons. The molecule has 0 saturated carbocycles. The summed E-state index contributed by atoms with van der Waals surface area (Å²) in [4.78, 5) is 23.8. The molecule has 3 aromatic rings. The summed E-state index contributed by atoms with van der Waals surface area (Å²) in [5.41, 5.74) is 2.50. The highest BCUT2D eigenvalue weighted by Crippen LogP contribution is 2.30. The van der Waals surface area contributed by atoms with Crippen LogP contribution in [0.3, 0.4) is 0 Å². The van der Waals surface area contributed by atoms with Gasteiger partial charge in [0.2, 0.25) is 0 Å². The summed E-state index contributed by atoms with van der Waals surface area (Å²) in [7, 11) is 0. The SMILES string of the molecule is CCOC(=O)c1cccc(-c2nnc(-c3cccc(C(=O)OCC)c3)s2)c1. The van der Waals surface area contributed by atoms with Crippen LogP contribution in [0.25, 0.3) is 21.1 Å². The number of nitrogens with zero attached hydrogens (tertiary/aromatic N) is 2. The van der Waals surface area contributed by atoms with Gasteiger partial charge in [0.1, 0.15) is 10.0 Å². The second-order valence-electron chi connectivity index (χ2n) is 5.51. The number of hydrogen-bond acceptors (Lipinski definition) is 7. The lowest BCUT2D eigenvalue weighted by atomic mass is 10.1. The summed E-state index contributed by atoms with van der Waals surface area (Å²) in [5, 5.41) is 9.80. The minimum atomic E-state index is -0.369. The maximum absolute atomic E-state index is 11.9. The smallest absolute Gasteiger partial charge is 0.338 e. The number of hydrogen-bond donors (Lipinski definition) is 0. The van der Waals surface area contributed by atoms with Crippen LogP contribution < -0.4 is 0 Å². The Morgan fingerprint density at radius 1 is 0.815 bits per heavy atom. The lowest BCUT2D eigenvalue weighted by Crippen LogP contribution is -2.04. The molecule has 138 valence electrons. The molecular formula is C20H18N2O4S. The molecule has 0 fully saturated rings. The van der Waals surface area contributed by atoms with Crippen LogP contribution in [0, 0.1) is 0 Å². The highest BCUT2D eigenvalue weighted by Gasteiger charge is 2.14. The van der Waals surface area contributed by atoms with Crippen LogP contribution in [0.5, 0.6) is 0 Å². The van der Waals surface area contributed by atoms with E-state index in [0.717, 1.165) is 11.1 Å². The monoisotopic (exact) mass is 382 g/mol. The molecule has 7 heteroatoms. The second kappa shape index (κ2) is 8.55. The third kappa shape index (κ3) is 4.38. The molecule has 0 aliphatic heterocycles. The van der Waals surface area contributed by atoms with E-state index in [0.29, 0.717) is 34.4 Å². The topological polar surface area (TPSA) is 78.4 Å². The number of carbonyl (C=O) groups is 2. The molecule has 0 atom stereocenters. The second-order valence-corrected chi connectivity index (χ2v) is 6.49. The maximum Gasteiger partial charge on any atom is 0.338 e. The van der Waals surface area contributed by atoms with Gasteiger partial charge in [-0.05, 0) is 38.1 Å². The van der Waals surface area contributed by atoms with Crippen LogP contribution in [-0.4, -0.2) is 35.3 Å². The lowest BCUT2D eigenvalue weighted by molar-refractivity contribution is 0.0517. The molecule has 0 amide bonds. The van der Waals surface area contributed by atoms with Crippen LogP contribution in [0.15, 0.2) is 48.5 Å². The zero-order chi connectivity index (χ0) is 19.2. The molecule has 2 aromatic carbocycles. The van der Waals surface area contributed by atoms with Gasteiger partial charge in [0, 0.05) is 11.1 Å². The Bertz CT molecular complexity index is 892. The van der Waals surface area contributed by atoms with Crippen molar-refractivity contribution in [3.8, 4) is 21.1 Å². The van der Waals surface area contributed by atoms with E-state index < -0.39 is 0 Å². The molecule has 27 heavy (non-hydrogen) atoms. The predicted octanol–water partition coefficient (Wildman–Crippen LogP) is 4.23. The molecule has 3 rings (SSSR count). The molecular weight excluding hydrogens is 364 g/mol. The number of esters is 2. The Kier molecular flexibility index (Phi) is 5.93. The zero-order valence-electron chi connectivity index (χ0n) is 15.0. The highest BCUT2D eigenvalue weighted by atomic mass is 32.1. The van der Waals surface area contributed by atoms with Crippen LogP contribution in [0.2, 0.25) is 0 Å². The third-order valence-electron chi connectivity index (χ3n) is 3.67. The number of rotatable bonds is 6. The summed E-state index contributed by atoms with van der Waals surface area (Å²) in [5.74, 6) is -0.738. The van der Waals surface area contributed by atoms with Gasteiger partial charge >= 0.3 is 11.9 Å². The molecule has 0 aliphatic rings. The molecule has 0 spiro atoms. The van der Waals surface area contributed by atoms with Crippen molar-refractivity contribution in [1.29, 1.82) is 0 Å². The quantitative estimate of drug-likeness (QED) is 0.594. The van der Waals surface area contributed by atoms with E-state index in [9.17, 15) is 9.59 Å². The van der Waals surface area contributed by atoms with Crippen molar-refractivity contribution >= 4 is 23.3 Å². The molecule has 0 saturated heterocycles. The number of ether oxygens (including phenoxy) is 2. The first kappa shape index (κ1) is 18.7.